The molecule has 11 heteroatoms. The van der Waals surface area contributed by atoms with Crippen molar-refractivity contribution < 1.29 is 4.74 Å². The zero-order valence-corrected chi connectivity index (χ0v) is 26.7. The fourth-order valence-corrected chi connectivity index (χ4v) is 6.81. The van der Waals surface area contributed by atoms with Crippen LogP contribution in [0, 0.1) is 0 Å². The van der Waals surface area contributed by atoms with Crippen molar-refractivity contribution >= 4 is 11.2 Å². The standard InChI is InChI=1S/C36H38N8O3/c1-24(47-2)44-35(45)31-34(42(36(44)46)22-21-25-11-5-3-6-12-25)37-33(28-13-7-4-8-14-28)43(31)23-26-17-19-27(20-18-26)29-15-9-10-16-30(29)32-38-40-41-39-32/h3,5-6,9-12,15-20,24,28H,4,7-8,13-14,21-23H2,1-2H3,(H,38,39,40,41). The first-order valence-corrected chi connectivity index (χ1v) is 16.3. The van der Waals surface area contributed by atoms with Gasteiger partial charge >= 0.3 is 5.69 Å². The highest BCUT2D eigenvalue weighted by Crippen LogP contribution is 2.34. The van der Waals surface area contributed by atoms with E-state index < -0.39 is 11.9 Å². The van der Waals surface area contributed by atoms with Gasteiger partial charge in [-0.05, 0) is 58.9 Å². The predicted molar refractivity (Wildman–Crippen MR) is 180 cm³/mol. The second-order valence-corrected chi connectivity index (χ2v) is 12.2. The molecule has 0 saturated heterocycles. The zero-order chi connectivity index (χ0) is 32.3. The van der Waals surface area contributed by atoms with E-state index in [4.69, 9.17) is 9.72 Å². The lowest BCUT2D eigenvalue weighted by atomic mass is 9.88. The van der Waals surface area contributed by atoms with Gasteiger partial charge in [0.05, 0.1) is 0 Å². The van der Waals surface area contributed by atoms with Gasteiger partial charge in [-0.2, -0.15) is 0 Å². The summed E-state index contributed by atoms with van der Waals surface area (Å²) in [6.45, 7) is 2.57. The van der Waals surface area contributed by atoms with Crippen LogP contribution < -0.4 is 11.2 Å². The maximum atomic E-state index is 14.3. The van der Waals surface area contributed by atoms with Crippen molar-refractivity contribution in [3.05, 3.63) is 117 Å². The van der Waals surface area contributed by atoms with E-state index in [1.54, 1.807) is 11.5 Å². The summed E-state index contributed by atoms with van der Waals surface area (Å²) in [4.78, 5) is 33.4. The Bertz CT molecular complexity index is 2090. The van der Waals surface area contributed by atoms with Crippen molar-refractivity contribution in [2.24, 2.45) is 0 Å². The minimum absolute atomic E-state index is 0.211. The number of aromatic nitrogens is 8. The van der Waals surface area contributed by atoms with Crippen LogP contribution in [0.25, 0.3) is 33.7 Å². The molecule has 0 spiro atoms. The molecule has 0 aliphatic heterocycles. The van der Waals surface area contributed by atoms with E-state index in [1.165, 1.54) is 18.1 Å². The first-order chi connectivity index (χ1) is 23.0. The van der Waals surface area contributed by atoms with Crippen LogP contribution >= 0.6 is 0 Å². The fourth-order valence-electron chi connectivity index (χ4n) is 6.81. The molecule has 1 aliphatic carbocycles. The summed E-state index contributed by atoms with van der Waals surface area (Å²) < 4.78 is 10.5. The number of nitrogens with one attached hydrogen (secondary N) is 1. The fraction of sp³-hybridized carbons (Fsp3) is 0.333. The number of nitrogens with zero attached hydrogens (tertiary/aromatic N) is 7. The molecule has 0 amide bonds. The van der Waals surface area contributed by atoms with Gasteiger partial charge in [0.2, 0.25) is 0 Å². The van der Waals surface area contributed by atoms with Gasteiger partial charge in [0.25, 0.3) is 5.56 Å². The molecule has 0 radical (unpaired) electrons. The molecular formula is C36H38N8O3. The van der Waals surface area contributed by atoms with E-state index in [0.29, 0.717) is 36.5 Å². The summed E-state index contributed by atoms with van der Waals surface area (Å²) >= 11 is 0. The second-order valence-electron chi connectivity index (χ2n) is 12.2. The summed E-state index contributed by atoms with van der Waals surface area (Å²) in [5.41, 5.74) is 5.18. The van der Waals surface area contributed by atoms with E-state index in [2.05, 4.69) is 49.5 Å². The van der Waals surface area contributed by atoms with Crippen LogP contribution in [0.4, 0.5) is 0 Å². The van der Waals surface area contributed by atoms with Gasteiger partial charge in [0.15, 0.2) is 17.0 Å². The topological polar surface area (TPSA) is 126 Å². The summed E-state index contributed by atoms with van der Waals surface area (Å²) in [7, 11) is 1.51. The highest BCUT2D eigenvalue weighted by molar-refractivity contribution is 5.80. The van der Waals surface area contributed by atoms with E-state index >= 15 is 0 Å². The lowest BCUT2D eigenvalue weighted by Crippen LogP contribution is -2.43. The normalized spacial score (nSPS) is 14.5. The molecule has 3 heterocycles. The molecule has 1 fully saturated rings. The number of rotatable bonds is 10. The van der Waals surface area contributed by atoms with Crippen molar-refractivity contribution in [1.82, 2.24) is 39.3 Å². The Balaban J connectivity index is 1.34. The van der Waals surface area contributed by atoms with Gasteiger partial charge in [-0.1, -0.05) is 98.1 Å². The van der Waals surface area contributed by atoms with E-state index in [0.717, 1.165) is 59.3 Å². The molecule has 11 nitrogen and oxygen atoms in total. The molecule has 3 aromatic heterocycles. The van der Waals surface area contributed by atoms with Gasteiger partial charge in [-0.15, -0.1) is 5.10 Å². The van der Waals surface area contributed by atoms with Crippen molar-refractivity contribution in [3.63, 3.8) is 0 Å². The van der Waals surface area contributed by atoms with E-state index in [1.807, 2.05) is 54.6 Å². The number of tetrazole rings is 1. The second kappa shape index (κ2) is 13.3. The maximum absolute atomic E-state index is 14.3. The van der Waals surface area contributed by atoms with Crippen molar-refractivity contribution in [2.75, 3.05) is 7.11 Å². The number of ether oxygens (including phenoxy) is 1. The zero-order valence-electron chi connectivity index (χ0n) is 26.7. The van der Waals surface area contributed by atoms with Crippen molar-refractivity contribution in [2.45, 2.75) is 70.7 Å². The highest BCUT2D eigenvalue weighted by Gasteiger charge is 2.28. The van der Waals surface area contributed by atoms with Crippen LogP contribution in [0.15, 0.2) is 88.5 Å². The number of imidazole rings is 1. The van der Waals surface area contributed by atoms with Crippen molar-refractivity contribution in [3.8, 4) is 22.5 Å². The minimum atomic E-state index is -0.734. The summed E-state index contributed by atoms with van der Waals surface area (Å²) in [6, 6.07) is 26.4. The average Bonchev–Trinajstić information content (AvgIpc) is 3.79. The minimum Gasteiger partial charge on any atom is -0.361 e. The lowest BCUT2D eigenvalue weighted by molar-refractivity contribution is 0.0530. The quantitative estimate of drug-likeness (QED) is 0.206. The Morgan fingerprint density at radius 3 is 2.30 bits per heavy atom. The Hall–Kier alpha value is -5.16. The molecule has 1 unspecified atom stereocenters. The molecule has 6 aromatic rings. The molecule has 3 aromatic carbocycles. The number of methoxy groups -OCH3 is 1. The average molecular weight is 631 g/mol. The van der Waals surface area contributed by atoms with Crippen molar-refractivity contribution in [1.29, 1.82) is 0 Å². The third kappa shape index (κ3) is 5.94. The number of hydrogen-bond acceptors (Lipinski definition) is 7. The summed E-state index contributed by atoms with van der Waals surface area (Å²) in [5, 5.41) is 14.5. The van der Waals surface area contributed by atoms with Gasteiger partial charge in [0, 0.05) is 31.7 Å². The van der Waals surface area contributed by atoms with Crippen LogP contribution in [-0.2, 0) is 24.2 Å². The molecule has 1 N–H and O–H groups in total. The molecular weight excluding hydrogens is 592 g/mol. The molecule has 1 aliphatic rings. The molecule has 1 atom stereocenters. The largest absolute Gasteiger partial charge is 0.361 e. The summed E-state index contributed by atoms with van der Waals surface area (Å²) in [6.07, 6.45) is 5.35. The van der Waals surface area contributed by atoms with Gasteiger partial charge in [-0.25, -0.2) is 19.4 Å². The van der Waals surface area contributed by atoms with Crippen LogP contribution in [-0.4, -0.2) is 46.4 Å². The highest BCUT2D eigenvalue weighted by atomic mass is 16.5. The Morgan fingerprint density at radius 1 is 0.872 bits per heavy atom. The van der Waals surface area contributed by atoms with Gasteiger partial charge < -0.3 is 9.30 Å². The van der Waals surface area contributed by atoms with Crippen LogP contribution in [0.5, 0.6) is 0 Å². The number of H-pyrrole nitrogens is 1. The molecule has 7 rings (SSSR count). The lowest BCUT2D eigenvalue weighted by Gasteiger charge is -2.22. The SMILES string of the molecule is COC(C)n1c(=O)c2c(nc(C3CCCCC3)n2Cc2ccc(-c3ccccc3-c3nnn[nH]3)cc2)n(CCc2ccccc2)c1=O. The first-order valence-electron chi connectivity index (χ1n) is 16.3. The number of fused-ring (bicyclic) bond motifs is 1. The molecule has 47 heavy (non-hydrogen) atoms. The number of aromatic amines is 1. The molecule has 0 bridgehead atoms. The van der Waals surface area contributed by atoms with Crippen LogP contribution in [0.2, 0.25) is 0 Å². The molecule has 240 valence electrons. The number of hydrogen-bond donors (Lipinski definition) is 1. The Morgan fingerprint density at radius 2 is 1.60 bits per heavy atom. The number of benzene rings is 3. The predicted octanol–water partition coefficient (Wildman–Crippen LogP) is 5.71. The maximum Gasteiger partial charge on any atom is 0.334 e. The Labute approximate surface area is 271 Å². The van der Waals surface area contributed by atoms with Gasteiger partial charge in [-0.3, -0.25) is 9.36 Å². The summed E-state index contributed by atoms with van der Waals surface area (Å²) in [5.74, 6) is 1.69. The third-order valence-electron chi connectivity index (χ3n) is 9.37. The van der Waals surface area contributed by atoms with Crippen LogP contribution in [0.1, 0.15) is 68.1 Å². The monoisotopic (exact) mass is 630 g/mol. The first kappa shape index (κ1) is 30.5. The van der Waals surface area contributed by atoms with Gasteiger partial charge in [0.1, 0.15) is 12.1 Å². The van der Waals surface area contributed by atoms with E-state index in [-0.39, 0.29) is 11.5 Å². The number of aryl methyl sites for hydroxylation is 2. The third-order valence-corrected chi connectivity index (χ3v) is 9.37. The molecule has 1 saturated carbocycles. The van der Waals surface area contributed by atoms with E-state index in [9.17, 15) is 9.59 Å². The Kier molecular flexibility index (Phi) is 8.62. The van der Waals surface area contributed by atoms with Crippen LogP contribution in [0.3, 0.4) is 0 Å². The smallest absolute Gasteiger partial charge is 0.334 e.